The average molecular weight is 291 g/mol. The molecule has 0 aliphatic heterocycles. The quantitative estimate of drug-likeness (QED) is 0.902. The topological polar surface area (TPSA) is 92.8 Å². The zero-order valence-corrected chi connectivity index (χ0v) is 12.3. The molecule has 2 N–H and O–H groups in total. The van der Waals surface area contributed by atoms with E-state index in [2.05, 4.69) is 5.16 Å². The molecule has 112 valence electrons. The summed E-state index contributed by atoms with van der Waals surface area (Å²) in [6.07, 6.45) is 0. The number of rotatable bonds is 3. The summed E-state index contributed by atoms with van der Waals surface area (Å²) in [5.41, 5.74) is 0.483. The van der Waals surface area contributed by atoms with E-state index in [4.69, 9.17) is 14.4 Å². The molecule has 1 aromatic carbocycles. The number of aromatic carboxylic acids is 1. The Morgan fingerprint density at radius 1 is 1.29 bits per heavy atom. The van der Waals surface area contributed by atoms with Gasteiger partial charge in [0.05, 0.1) is 12.7 Å². The summed E-state index contributed by atoms with van der Waals surface area (Å²) in [6.45, 7) is 5.86. The molecule has 21 heavy (non-hydrogen) atoms. The monoisotopic (exact) mass is 291 g/mol. The highest BCUT2D eigenvalue weighted by Gasteiger charge is 2.24. The second kappa shape index (κ2) is 5.12. The van der Waals surface area contributed by atoms with Gasteiger partial charge >= 0.3 is 5.97 Å². The number of carboxylic acids is 1. The number of ether oxygens (including phenoxy) is 1. The van der Waals surface area contributed by atoms with Gasteiger partial charge < -0.3 is 19.5 Å². The Kier molecular flexibility index (Phi) is 3.63. The molecule has 0 saturated heterocycles. The molecule has 2 rings (SSSR count). The molecule has 0 radical (unpaired) electrons. The fourth-order valence-electron chi connectivity index (χ4n) is 1.99. The molecule has 6 nitrogen and oxygen atoms in total. The van der Waals surface area contributed by atoms with Crippen molar-refractivity contribution in [3.05, 3.63) is 29.5 Å². The molecule has 0 bridgehead atoms. The van der Waals surface area contributed by atoms with Crippen molar-refractivity contribution < 1.29 is 24.3 Å². The molecule has 0 unspecified atom stereocenters. The first-order valence-electron chi connectivity index (χ1n) is 6.36. The maximum atomic E-state index is 10.9. The standard InChI is InChI=1S/C15H17NO5/c1-15(2,3)10-6-8(20-4)5-9(13(10)17)12-7-11(14(18)19)16-21-12/h5-7,17H,1-4H3,(H,18,19). The largest absolute Gasteiger partial charge is 0.507 e. The van der Waals surface area contributed by atoms with Crippen LogP contribution in [0.2, 0.25) is 0 Å². The van der Waals surface area contributed by atoms with E-state index >= 15 is 0 Å². The first-order chi connectivity index (χ1) is 9.74. The highest BCUT2D eigenvalue weighted by atomic mass is 16.5. The van der Waals surface area contributed by atoms with Gasteiger partial charge in [-0.15, -0.1) is 0 Å². The molecule has 0 amide bonds. The van der Waals surface area contributed by atoms with Crippen molar-refractivity contribution in [2.45, 2.75) is 26.2 Å². The fourth-order valence-corrected chi connectivity index (χ4v) is 1.99. The van der Waals surface area contributed by atoms with Gasteiger partial charge in [0.15, 0.2) is 11.5 Å². The summed E-state index contributed by atoms with van der Waals surface area (Å²) in [5, 5.41) is 22.8. The Labute approximate surface area is 122 Å². The summed E-state index contributed by atoms with van der Waals surface area (Å²) >= 11 is 0. The van der Waals surface area contributed by atoms with Crippen molar-refractivity contribution in [1.82, 2.24) is 5.16 Å². The zero-order valence-electron chi connectivity index (χ0n) is 12.3. The number of nitrogens with zero attached hydrogens (tertiary/aromatic N) is 1. The molecule has 1 aromatic heterocycles. The lowest BCUT2D eigenvalue weighted by atomic mass is 9.84. The van der Waals surface area contributed by atoms with E-state index in [0.29, 0.717) is 16.9 Å². The van der Waals surface area contributed by atoms with Gasteiger partial charge in [0, 0.05) is 11.6 Å². The van der Waals surface area contributed by atoms with E-state index < -0.39 is 5.97 Å². The van der Waals surface area contributed by atoms with Crippen LogP contribution in [0.15, 0.2) is 22.7 Å². The van der Waals surface area contributed by atoms with Crippen LogP contribution in [0.4, 0.5) is 0 Å². The van der Waals surface area contributed by atoms with Crippen LogP contribution >= 0.6 is 0 Å². The number of aromatic nitrogens is 1. The van der Waals surface area contributed by atoms with Crippen LogP contribution in [0.5, 0.6) is 11.5 Å². The lowest BCUT2D eigenvalue weighted by molar-refractivity contribution is 0.0686. The number of benzene rings is 1. The molecule has 0 saturated carbocycles. The summed E-state index contributed by atoms with van der Waals surface area (Å²) in [5.74, 6) is -0.449. The van der Waals surface area contributed by atoms with Gasteiger partial charge in [-0.3, -0.25) is 0 Å². The van der Waals surface area contributed by atoms with Crippen molar-refractivity contribution >= 4 is 5.97 Å². The van der Waals surface area contributed by atoms with E-state index in [-0.39, 0.29) is 22.6 Å². The first kappa shape index (κ1) is 14.9. The second-order valence-corrected chi connectivity index (χ2v) is 5.70. The van der Waals surface area contributed by atoms with E-state index in [1.807, 2.05) is 20.8 Å². The second-order valence-electron chi connectivity index (χ2n) is 5.70. The maximum Gasteiger partial charge on any atom is 0.358 e. The van der Waals surface area contributed by atoms with Crippen LogP contribution < -0.4 is 4.74 Å². The molecule has 0 spiro atoms. The highest BCUT2D eigenvalue weighted by Crippen LogP contribution is 2.41. The molecule has 6 heteroatoms. The van der Waals surface area contributed by atoms with Crippen molar-refractivity contribution in [1.29, 1.82) is 0 Å². The molecule has 2 aromatic rings. The van der Waals surface area contributed by atoms with Crippen LogP contribution in [-0.4, -0.2) is 28.4 Å². The zero-order chi connectivity index (χ0) is 15.8. The van der Waals surface area contributed by atoms with Crippen molar-refractivity contribution in [2.75, 3.05) is 7.11 Å². The van der Waals surface area contributed by atoms with Crippen molar-refractivity contribution in [3.8, 4) is 22.8 Å². The molecule has 0 aliphatic carbocycles. The Balaban J connectivity index is 2.64. The van der Waals surface area contributed by atoms with Crippen molar-refractivity contribution in [2.24, 2.45) is 0 Å². The maximum absolute atomic E-state index is 10.9. The Morgan fingerprint density at radius 2 is 1.95 bits per heavy atom. The van der Waals surface area contributed by atoms with Crippen LogP contribution in [0.1, 0.15) is 36.8 Å². The number of methoxy groups -OCH3 is 1. The third kappa shape index (κ3) is 2.84. The predicted molar refractivity (Wildman–Crippen MR) is 75.8 cm³/mol. The van der Waals surface area contributed by atoms with Gasteiger partial charge in [-0.25, -0.2) is 4.79 Å². The smallest absolute Gasteiger partial charge is 0.358 e. The van der Waals surface area contributed by atoms with Crippen LogP contribution in [-0.2, 0) is 5.41 Å². The molecular weight excluding hydrogens is 274 g/mol. The number of carbonyl (C=O) groups is 1. The SMILES string of the molecule is COc1cc(-c2cc(C(=O)O)no2)c(O)c(C(C)(C)C)c1. The number of phenolic OH excluding ortho intramolecular Hbond substituents is 1. The van der Waals surface area contributed by atoms with Crippen molar-refractivity contribution in [3.63, 3.8) is 0 Å². The Hall–Kier alpha value is -2.50. The lowest BCUT2D eigenvalue weighted by Crippen LogP contribution is -2.12. The first-order valence-corrected chi connectivity index (χ1v) is 6.36. The molecule has 0 fully saturated rings. The van der Waals surface area contributed by atoms with E-state index in [0.717, 1.165) is 0 Å². The molecule has 0 atom stereocenters. The van der Waals surface area contributed by atoms with Crippen LogP contribution in [0, 0.1) is 0 Å². The van der Waals surface area contributed by atoms with Gasteiger partial charge in [-0.2, -0.15) is 0 Å². The molecular formula is C15H17NO5. The Bertz CT molecular complexity index is 682. The highest BCUT2D eigenvalue weighted by molar-refractivity contribution is 5.87. The summed E-state index contributed by atoms with van der Waals surface area (Å²) < 4.78 is 10.2. The van der Waals surface area contributed by atoms with Gasteiger partial charge in [0.2, 0.25) is 0 Å². The Morgan fingerprint density at radius 3 is 2.43 bits per heavy atom. The van der Waals surface area contributed by atoms with Gasteiger partial charge in [0.1, 0.15) is 11.5 Å². The van der Waals surface area contributed by atoms with E-state index in [1.165, 1.54) is 13.2 Å². The normalized spacial score (nSPS) is 11.4. The minimum absolute atomic E-state index is 0.0244. The lowest BCUT2D eigenvalue weighted by Gasteiger charge is -2.22. The van der Waals surface area contributed by atoms with E-state index in [1.54, 1.807) is 12.1 Å². The van der Waals surface area contributed by atoms with Crippen LogP contribution in [0.25, 0.3) is 11.3 Å². The number of hydrogen-bond donors (Lipinski definition) is 2. The summed E-state index contributed by atoms with van der Waals surface area (Å²) in [7, 11) is 1.52. The predicted octanol–water partition coefficient (Wildman–Crippen LogP) is 3.05. The number of carboxylic acid groups (broad SMARTS) is 1. The minimum atomic E-state index is -1.19. The molecule has 1 heterocycles. The van der Waals surface area contributed by atoms with Gasteiger partial charge in [0.25, 0.3) is 0 Å². The summed E-state index contributed by atoms with van der Waals surface area (Å²) in [4.78, 5) is 10.9. The number of aromatic hydroxyl groups is 1. The van der Waals surface area contributed by atoms with Gasteiger partial charge in [-0.1, -0.05) is 25.9 Å². The third-order valence-electron chi connectivity index (χ3n) is 3.12. The number of hydrogen-bond acceptors (Lipinski definition) is 5. The van der Waals surface area contributed by atoms with Crippen LogP contribution in [0.3, 0.4) is 0 Å². The molecule has 0 aliphatic rings. The third-order valence-corrected chi connectivity index (χ3v) is 3.12. The van der Waals surface area contributed by atoms with Gasteiger partial charge in [-0.05, 0) is 17.5 Å². The fraction of sp³-hybridized carbons (Fsp3) is 0.333. The average Bonchev–Trinajstić information content (AvgIpc) is 2.87. The summed E-state index contributed by atoms with van der Waals surface area (Å²) in [6, 6.07) is 4.59. The van der Waals surface area contributed by atoms with E-state index in [9.17, 15) is 9.90 Å². The minimum Gasteiger partial charge on any atom is -0.507 e. The number of phenols is 1.